The molecule has 0 spiro atoms. The Bertz CT molecular complexity index is 1430. The van der Waals surface area contributed by atoms with Gasteiger partial charge in [0.15, 0.2) is 0 Å². The summed E-state index contributed by atoms with van der Waals surface area (Å²) in [5.74, 6) is 0.796. The molecule has 1 fully saturated rings. The summed E-state index contributed by atoms with van der Waals surface area (Å²) >= 11 is 0. The summed E-state index contributed by atoms with van der Waals surface area (Å²) < 4.78 is 5.49. The van der Waals surface area contributed by atoms with E-state index < -0.39 is 5.54 Å². The number of phenols is 1. The van der Waals surface area contributed by atoms with E-state index in [2.05, 4.69) is 22.0 Å². The predicted octanol–water partition coefficient (Wildman–Crippen LogP) is 4.40. The lowest BCUT2D eigenvalue weighted by Gasteiger charge is -2.42. The Kier molecular flexibility index (Phi) is 6.14. The van der Waals surface area contributed by atoms with Crippen LogP contribution in [-0.2, 0) is 17.6 Å². The normalized spacial score (nSPS) is 23.3. The first-order chi connectivity index (χ1) is 18.4. The van der Waals surface area contributed by atoms with E-state index in [1.54, 1.807) is 24.1 Å². The minimum Gasteiger partial charge on any atom is -0.508 e. The zero-order valence-corrected chi connectivity index (χ0v) is 21.9. The van der Waals surface area contributed by atoms with Crippen molar-refractivity contribution >= 4 is 22.8 Å². The number of hydrogen-bond donors (Lipinski definition) is 2. The third kappa shape index (κ3) is 4.04. The number of imide groups is 1. The summed E-state index contributed by atoms with van der Waals surface area (Å²) in [7, 11) is 1.64. The van der Waals surface area contributed by atoms with Crippen LogP contribution in [0.3, 0.4) is 0 Å². The van der Waals surface area contributed by atoms with Crippen molar-refractivity contribution in [1.29, 1.82) is 0 Å². The second kappa shape index (κ2) is 9.51. The number of fused-ring (bicyclic) bond motifs is 4. The number of carbonyl (C=O) groups is 2. The molecule has 3 aromatic rings. The van der Waals surface area contributed by atoms with E-state index in [9.17, 15) is 14.7 Å². The van der Waals surface area contributed by atoms with Gasteiger partial charge >= 0.3 is 6.03 Å². The van der Waals surface area contributed by atoms with Gasteiger partial charge in [0.2, 0.25) is 0 Å². The molecule has 1 saturated heterocycles. The van der Waals surface area contributed by atoms with Gasteiger partial charge in [0, 0.05) is 49.2 Å². The molecular weight excluding hydrogens is 480 g/mol. The smallest absolute Gasteiger partial charge is 0.328 e. The molecule has 198 valence electrons. The number of benzene rings is 2. The highest BCUT2D eigenvalue weighted by Gasteiger charge is 2.59. The SMILES string of the molecule is COc1ccc2[nH]c3c(c2c1)C[C@@]1(C)C(=O)N(CCCN2CC=CCC2)C(=O)N1C3Cc1cccc(O)c1. The fraction of sp³-hybridized carbons (Fsp3) is 0.400. The molecule has 38 heavy (non-hydrogen) atoms. The standard InChI is InChI=1S/C30H34N4O4/c1-30-19-24-23-18-22(38-2)10-11-25(23)31-27(24)26(17-20-8-6-9-21(35)16-20)34(30)29(37)33(28(30)36)15-7-14-32-12-4-3-5-13-32/h3-4,6,8-11,16,18,26,31,35H,5,7,12-15,17,19H2,1-2H3/t26?,30-/m0/s1. The van der Waals surface area contributed by atoms with Crippen LogP contribution in [0.25, 0.3) is 10.9 Å². The Hall–Kier alpha value is -3.78. The lowest BCUT2D eigenvalue weighted by Crippen LogP contribution is -2.53. The Labute approximate surface area is 222 Å². The number of urea groups is 1. The minimum atomic E-state index is -0.988. The number of nitrogens with one attached hydrogen (secondary N) is 1. The largest absolute Gasteiger partial charge is 0.508 e. The highest BCUT2D eigenvalue weighted by Crippen LogP contribution is 2.47. The third-order valence-corrected chi connectivity index (χ3v) is 8.32. The fourth-order valence-electron chi connectivity index (χ4n) is 6.43. The van der Waals surface area contributed by atoms with Crippen molar-refractivity contribution in [2.75, 3.05) is 33.3 Å². The molecule has 0 bridgehead atoms. The van der Waals surface area contributed by atoms with E-state index in [-0.39, 0.29) is 23.7 Å². The number of methoxy groups -OCH3 is 1. The average Bonchev–Trinajstić information content (AvgIpc) is 3.36. The van der Waals surface area contributed by atoms with Gasteiger partial charge in [-0.1, -0.05) is 24.3 Å². The quantitative estimate of drug-likeness (QED) is 0.361. The van der Waals surface area contributed by atoms with Gasteiger partial charge in [0.05, 0.1) is 13.2 Å². The Morgan fingerprint density at radius 1 is 1.13 bits per heavy atom. The lowest BCUT2D eigenvalue weighted by atomic mass is 9.81. The van der Waals surface area contributed by atoms with Gasteiger partial charge < -0.3 is 19.7 Å². The van der Waals surface area contributed by atoms with Gasteiger partial charge in [0.1, 0.15) is 17.0 Å². The Balaban J connectivity index is 1.36. The summed E-state index contributed by atoms with van der Waals surface area (Å²) in [6.45, 7) is 5.10. The number of hydrogen-bond acceptors (Lipinski definition) is 5. The van der Waals surface area contributed by atoms with Crippen LogP contribution in [0.2, 0.25) is 0 Å². The first-order valence-corrected chi connectivity index (χ1v) is 13.4. The molecule has 4 heterocycles. The molecule has 1 unspecified atom stereocenters. The summed E-state index contributed by atoms with van der Waals surface area (Å²) in [6, 6.07) is 12.4. The van der Waals surface area contributed by atoms with Crippen molar-refractivity contribution in [2.45, 2.75) is 44.2 Å². The second-order valence-electron chi connectivity index (χ2n) is 10.8. The molecular formula is C30H34N4O4. The van der Waals surface area contributed by atoms with E-state index >= 15 is 0 Å². The van der Waals surface area contributed by atoms with Gasteiger partial charge in [-0.05, 0) is 67.6 Å². The zero-order chi connectivity index (χ0) is 26.4. The van der Waals surface area contributed by atoms with E-state index in [0.29, 0.717) is 19.4 Å². The van der Waals surface area contributed by atoms with Crippen molar-refractivity contribution in [3.05, 3.63) is 71.4 Å². The van der Waals surface area contributed by atoms with E-state index in [1.807, 2.05) is 37.3 Å². The molecule has 0 radical (unpaired) electrons. The average molecular weight is 515 g/mol. The van der Waals surface area contributed by atoms with Crippen LogP contribution in [0.1, 0.15) is 42.6 Å². The number of ether oxygens (including phenoxy) is 1. The number of aromatic amines is 1. The molecule has 8 nitrogen and oxygen atoms in total. The molecule has 8 heteroatoms. The molecule has 0 saturated carbocycles. The molecule has 0 aliphatic carbocycles. The molecule has 3 aliphatic rings. The van der Waals surface area contributed by atoms with E-state index in [4.69, 9.17) is 4.74 Å². The van der Waals surface area contributed by atoms with Crippen LogP contribution in [0.4, 0.5) is 4.79 Å². The summed E-state index contributed by atoms with van der Waals surface area (Å²) in [5.41, 5.74) is 2.85. The first-order valence-electron chi connectivity index (χ1n) is 13.4. The topological polar surface area (TPSA) is 89.1 Å². The maximum atomic E-state index is 14.0. The summed E-state index contributed by atoms with van der Waals surface area (Å²) in [6.07, 6.45) is 7.08. The predicted molar refractivity (Wildman–Crippen MR) is 145 cm³/mol. The van der Waals surface area contributed by atoms with Gasteiger partial charge in [-0.25, -0.2) is 4.79 Å². The molecule has 6 rings (SSSR count). The second-order valence-corrected chi connectivity index (χ2v) is 10.8. The van der Waals surface area contributed by atoms with Gasteiger partial charge in [0.25, 0.3) is 5.91 Å². The zero-order valence-electron chi connectivity index (χ0n) is 21.9. The third-order valence-electron chi connectivity index (χ3n) is 8.32. The van der Waals surface area contributed by atoms with Gasteiger partial charge in [-0.2, -0.15) is 0 Å². The molecule has 1 aromatic heterocycles. The Morgan fingerprint density at radius 3 is 2.76 bits per heavy atom. The summed E-state index contributed by atoms with van der Waals surface area (Å²) in [4.78, 5) is 37.1. The Morgan fingerprint density at radius 2 is 2.00 bits per heavy atom. The van der Waals surface area contributed by atoms with Crippen molar-refractivity contribution in [2.24, 2.45) is 0 Å². The minimum absolute atomic E-state index is 0.134. The van der Waals surface area contributed by atoms with Gasteiger partial charge in [-0.15, -0.1) is 0 Å². The van der Waals surface area contributed by atoms with Crippen molar-refractivity contribution in [3.8, 4) is 11.5 Å². The van der Waals surface area contributed by atoms with Crippen LogP contribution < -0.4 is 4.74 Å². The van der Waals surface area contributed by atoms with E-state index in [0.717, 1.165) is 65.9 Å². The number of amides is 3. The highest BCUT2D eigenvalue weighted by atomic mass is 16.5. The van der Waals surface area contributed by atoms with Crippen LogP contribution in [0, 0.1) is 0 Å². The molecule has 2 atom stereocenters. The first kappa shape index (κ1) is 24.6. The number of rotatable bonds is 7. The summed E-state index contributed by atoms with van der Waals surface area (Å²) in [5, 5.41) is 11.1. The monoisotopic (exact) mass is 514 g/mol. The van der Waals surface area contributed by atoms with Crippen molar-refractivity contribution in [3.63, 3.8) is 0 Å². The van der Waals surface area contributed by atoms with Crippen LogP contribution in [-0.4, -0.2) is 75.6 Å². The molecule has 2 N–H and O–H groups in total. The number of aromatic hydroxyl groups is 1. The maximum Gasteiger partial charge on any atom is 0.328 e. The number of aromatic nitrogens is 1. The highest BCUT2D eigenvalue weighted by molar-refractivity contribution is 6.08. The van der Waals surface area contributed by atoms with Crippen LogP contribution >= 0.6 is 0 Å². The number of phenolic OH excluding ortho intramolecular Hbond substituents is 1. The number of H-pyrrole nitrogens is 1. The van der Waals surface area contributed by atoms with Gasteiger partial charge in [-0.3, -0.25) is 14.6 Å². The van der Waals surface area contributed by atoms with Crippen molar-refractivity contribution < 1.29 is 19.4 Å². The van der Waals surface area contributed by atoms with Crippen LogP contribution in [0.5, 0.6) is 11.5 Å². The number of carbonyl (C=O) groups excluding carboxylic acids is 2. The van der Waals surface area contributed by atoms with Crippen molar-refractivity contribution in [1.82, 2.24) is 19.7 Å². The van der Waals surface area contributed by atoms with Crippen LogP contribution in [0.15, 0.2) is 54.6 Å². The lowest BCUT2D eigenvalue weighted by molar-refractivity contribution is -0.133. The number of nitrogens with zero attached hydrogens (tertiary/aromatic N) is 3. The van der Waals surface area contributed by atoms with E-state index in [1.165, 1.54) is 4.90 Å². The molecule has 2 aromatic carbocycles. The molecule has 3 amide bonds. The molecule has 3 aliphatic heterocycles. The fourth-order valence-corrected chi connectivity index (χ4v) is 6.43. The maximum absolute atomic E-state index is 14.0.